The fourth-order valence-electron chi connectivity index (χ4n) is 1.55. The van der Waals surface area contributed by atoms with Crippen molar-refractivity contribution in [2.75, 3.05) is 6.54 Å². The van der Waals surface area contributed by atoms with Gasteiger partial charge in [-0.15, -0.1) is 0 Å². The van der Waals surface area contributed by atoms with Gasteiger partial charge in [-0.25, -0.2) is 4.79 Å². The van der Waals surface area contributed by atoms with Crippen LogP contribution in [0.25, 0.3) is 0 Å². The highest BCUT2D eigenvalue weighted by Crippen LogP contribution is 2.18. The Kier molecular flexibility index (Phi) is 5.36. The number of aldehydes is 1. The number of alkyl carbamates (subject to hydrolysis) is 1. The average Bonchev–Trinajstić information content (AvgIpc) is 2.35. The zero-order valence-electron chi connectivity index (χ0n) is 10.8. The summed E-state index contributed by atoms with van der Waals surface area (Å²) in [6, 6.07) is 10.0. The highest BCUT2D eigenvalue weighted by molar-refractivity contribution is 5.71. The van der Waals surface area contributed by atoms with E-state index < -0.39 is 11.7 Å². The van der Waals surface area contributed by atoms with Crippen LogP contribution in [0, 0.1) is 0 Å². The number of benzene rings is 1. The third kappa shape index (κ3) is 5.48. The number of aryl methyl sites for hydroxylation is 1. The minimum atomic E-state index is -0.555. The van der Waals surface area contributed by atoms with Crippen LogP contribution in [-0.4, -0.2) is 24.5 Å². The molecule has 1 rings (SSSR count). The summed E-state index contributed by atoms with van der Waals surface area (Å²) in [4.78, 5) is 21.5. The van der Waals surface area contributed by atoms with E-state index in [2.05, 4.69) is 5.32 Å². The Morgan fingerprint density at radius 2 is 2.00 bits per heavy atom. The van der Waals surface area contributed by atoms with Crippen molar-refractivity contribution < 1.29 is 14.3 Å². The van der Waals surface area contributed by atoms with Crippen molar-refractivity contribution in [1.82, 2.24) is 5.32 Å². The van der Waals surface area contributed by atoms with Gasteiger partial charge in [0.15, 0.2) is 0 Å². The molecule has 4 nitrogen and oxygen atoms in total. The molecule has 0 spiro atoms. The van der Waals surface area contributed by atoms with Crippen molar-refractivity contribution in [1.29, 1.82) is 0 Å². The first-order valence-electron chi connectivity index (χ1n) is 5.98. The number of ether oxygens (including phenoxy) is 1. The van der Waals surface area contributed by atoms with Crippen LogP contribution in [0.1, 0.15) is 25.8 Å². The molecule has 0 saturated carbocycles. The van der Waals surface area contributed by atoms with Crippen LogP contribution in [0.4, 0.5) is 4.79 Å². The van der Waals surface area contributed by atoms with Gasteiger partial charge in [0.1, 0.15) is 11.9 Å². The first kappa shape index (κ1) is 14.2. The molecule has 1 amide bonds. The van der Waals surface area contributed by atoms with Crippen molar-refractivity contribution in [3.63, 3.8) is 0 Å². The minimum Gasteiger partial charge on any atom is -0.444 e. The first-order chi connectivity index (χ1) is 8.53. The van der Waals surface area contributed by atoms with E-state index >= 15 is 0 Å². The SMILES string of the molecule is CC(C)(CCc1ccccc1)OC(=O)NCC=O. The summed E-state index contributed by atoms with van der Waals surface area (Å²) in [7, 11) is 0. The van der Waals surface area contributed by atoms with E-state index in [1.807, 2.05) is 44.2 Å². The molecule has 0 aliphatic rings. The van der Waals surface area contributed by atoms with Gasteiger partial charge in [-0.05, 0) is 32.3 Å². The molecule has 1 aromatic carbocycles. The summed E-state index contributed by atoms with van der Waals surface area (Å²) < 4.78 is 5.25. The van der Waals surface area contributed by atoms with Gasteiger partial charge in [-0.2, -0.15) is 0 Å². The standard InChI is InChI=1S/C14H19NO3/c1-14(2,18-13(17)15-10-11-16)9-8-12-6-4-3-5-7-12/h3-7,11H,8-10H2,1-2H3,(H,15,17). The second kappa shape index (κ2) is 6.79. The van der Waals surface area contributed by atoms with E-state index in [9.17, 15) is 9.59 Å². The van der Waals surface area contributed by atoms with Crippen molar-refractivity contribution in [2.45, 2.75) is 32.3 Å². The van der Waals surface area contributed by atoms with Gasteiger partial charge in [-0.3, -0.25) is 0 Å². The third-order valence-corrected chi connectivity index (χ3v) is 2.56. The number of carbonyl (C=O) groups is 2. The number of hydrogen-bond donors (Lipinski definition) is 1. The summed E-state index contributed by atoms with van der Waals surface area (Å²) in [5.74, 6) is 0. The number of rotatable bonds is 6. The maximum absolute atomic E-state index is 11.3. The molecule has 0 heterocycles. The lowest BCUT2D eigenvalue weighted by molar-refractivity contribution is -0.107. The van der Waals surface area contributed by atoms with E-state index in [4.69, 9.17) is 4.74 Å². The molecular formula is C14H19NO3. The van der Waals surface area contributed by atoms with Gasteiger partial charge in [-0.1, -0.05) is 30.3 Å². The van der Waals surface area contributed by atoms with Crippen LogP contribution in [0.15, 0.2) is 30.3 Å². The Balaban J connectivity index is 2.39. The van der Waals surface area contributed by atoms with E-state index in [0.717, 1.165) is 12.8 Å². The van der Waals surface area contributed by atoms with Crippen LogP contribution in [0.5, 0.6) is 0 Å². The molecular weight excluding hydrogens is 230 g/mol. The molecule has 1 N–H and O–H groups in total. The Bertz CT molecular complexity index is 387. The highest BCUT2D eigenvalue weighted by atomic mass is 16.6. The number of carbonyl (C=O) groups excluding carboxylic acids is 2. The second-order valence-corrected chi connectivity index (χ2v) is 4.68. The molecule has 0 bridgehead atoms. The zero-order valence-corrected chi connectivity index (χ0v) is 10.8. The largest absolute Gasteiger partial charge is 0.444 e. The van der Waals surface area contributed by atoms with Gasteiger partial charge in [0.05, 0.1) is 6.54 Å². The van der Waals surface area contributed by atoms with Gasteiger partial charge >= 0.3 is 6.09 Å². The number of amides is 1. The maximum Gasteiger partial charge on any atom is 0.408 e. The van der Waals surface area contributed by atoms with Gasteiger partial charge in [0, 0.05) is 0 Å². The molecule has 4 heteroatoms. The Hall–Kier alpha value is -1.84. The molecule has 0 aromatic heterocycles. The Morgan fingerprint density at radius 3 is 2.61 bits per heavy atom. The molecule has 0 aliphatic carbocycles. The van der Waals surface area contributed by atoms with Crippen molar-refractivity contribution in [2.24, 2.45) is 0 Å². The van der Waals surface area contributed by atoms with E-state index in [1.165, 1.54) is 5.56 Å². The molecule has 0 unspecified atom stereocenters. The fourth-order valence-corrected chi connectivity index (χ4v) is 1.55. The monoisotopic (exact) mass is 249 g/mol. The quantitative estimate of drug-likeness (QED) is 0.787. The summed E-state index contributed by atoms with van der Waals surface area (Å²) in [5.41, 5.74) is 0.658. The summed E-state index contributed by atoms with van der Waals surface area (Å²) >= 11 is 0. The topological polar surface area (TPSA) is 55.4 Å². The predicted octanol–water partition coefficient (Wildman–Crippen LogP) is 2.32. The molecule has 18 heavy (non-hydrogen) atoms. The number of hydrogen-bond acceptors (Lipinski definition) is 3. The molecule has 98 valence electrons. The molecule has 0 aliphatic heterocycles. The average molecular weight is 249 g/mol. The highest BCUT2D eigenvalue weighted by Gasteiger charge is 2.22. The molecule has 0 radical (unpaired) electrons. The Morgan fingerprint density at radius 1 is 1.33 bits per heavy atom. The summed E-state index contributed by atoms with van der Waals surface area (Å²) in [6.07, 6.45) is 1.64. The van der Waals surface area contributed by atoms with Gasteiger partial charge < -0.3 is 14.8 Å². The maximum atomic E-state index is 11.3. The van der Waals surface area contributed by atoms with Crippen LogP contribution < -0.4 is 5.32 Å². The van der Waals surface area contributed by atoms with Crippen molar-refractivity contribution in [3.05, 3.63) is 35.9 Å². The third-order valence-electron chi connectivity index (χ3n) is 2.56. The normalized spacial score (nSPS) is 10.8. The summed E-state index contributed by atoms with van der Waals surface area (Å²) in [5, 5.41) is 2.36. The Labute approximate surface area is 107 Å². The van der Waals surface area contributed by atoms with E-state index in [-0.39, 0.29) is 6.54 Å². The number of nitrogens with one attached hydrogen (secondary N) is 1. The second-order valence-electron chi connectivity index (χ2n) is 4.68. The smallest absolute Gasteiger partial charge is 0.408 e. The molecule has 0 saturated heterocycles. The van der Waals surface area contributed by atoms with E-state index in [0.29, 0.717) is 6.29 Å². The summed E-state index contributed by atoms with van der Waals surface area (Å²) in [6.45, 7) is 3.69. The lowest BCUT2D eigenvalue weighted by Gasteiger charge is -2.25. The predicted molar refractivity (Wildman–Crippen MR) is 69.4 cm³/mol. The van der Waals surface area contributed by atoms with E-state index in [1.54, 1.807) is 0 Å². The van der Waals surface area contributed by atoms with Crippen LogP contribution in [-0.2, 0) is 16.0 Å². The van der Waals surface area contributed by atoms with Gasteiger partial charge in [0.25, 0.3) is 0 Å². The van der Waals surface area contributed by atoms with Crippen LogP contribution >= 0.6 is 0 Å². The first-order valence-corrected chi connectivity index (χ1v) is 5.98. The zero-order chi connectivity index (χ0) is 13.4. The fraction of sp³-hybridized carbons (Fsp3) is 0.429. The lowest BCUT2D eigenvalue weighted by atomic mass is 9.99. The van der Waals surface area contributed by atoms with Gasteiger partial charge in [0.2, 0.25) is 0 Å². The minimum absolute atomic E-state index is 0.0202. The van der Waals surface area contributed by atoms with Crippen LogP contribution in [0.2, 0.25) is 0 Å². The molecule has 0 fully saturated rings. The van der Waals surface area contributed by atoms with Crippen molar-refractivity contribution in [3.8, 4) is 0 Å². The molecule has 1 aromatic rings. The van der Waals surface area contributed by atoms with Crippen molar-refractivity contribution >= 4 is 12.4 Å². The lowest BCUT2D eigenvalue weighted by Crippen LogP contribution is -2.35. The molecule has 0 atom stereocenters. The van der Waals surface area contributed by atoms with Crippen LogP contribution in [0.3, 0.4) is 0 Å².